The van der Waals surface area contributed by atoms with Crippen molar-refractivity contribution in [2.45, 2.75) is 126 Å². The van der Waals surface area contributed by atoms with Crippen LogP contribution in [-0.2, 0) is 12.8 Å². The van der Waals surface area contributed by atoms with Crippen molar-refractivity contribution in [3.63, 3.8) is 0 Å². The van der Waals surface area contributed by atoms with Gasteiger partial charge in [0.1, 0.15) is 0 Å². The zero-order chi connectivity index (χ0) is 25.9. The standard InChI is InChI=1S/C30H49O3PS2/c1-3-5-7-9-11-13-15-17-27-19-23-29(24-20-27)36(34(31,32,33)35-36)30-25-21-28(22-26-30)18-16-14-12-10-8-6-4-2/h19-26,31-33H,3-18H2,1-2H3. The first kappa shape index (κ1) is 30.0. The Morgan fingerprint density at radius 3 is 1.14 bits per heavy atom. The summed E-state index contributed by atoms with van der Waals surface area (Å²) in [5, 5.41) is 0. The first-order valence-electron chi connectivity index (χ1n) is 14.3. The van der Waals surface area contributed by atoms with Gasteiger partial charge >= 0.3 is 199 Å². The van der Waals surface area contributed by atoms with Crippen molar-refractivity contribution in [1.29, 1.82) is 0 Å². The molecule has 0 atom stereocenters. The van der Waals surface area contributed by atoms with E-state index in [1.165, 1.54) is 101 Å². The van der Waals surface area contributed by atoms with Crippen LogP contribution in [0, 0.1) is 0 Å². The van der Waals surface area contributed by atoms with Gasteiger partial charge in [-0.2, -0.15) is 0 Å². The fraction of sp³-hybridized carbons (Fsp3) is 0.600. The molecule has 0 radical (unpaired) electrons. The van der Waals surface area contributed by atoms with Crippen molar-refractivity contribution in [3.8, 4) is 0 Å². The van der Waals surface area contributed by atoms with E-state index in [1.807, 2.05) is 24.3 Å². The van der Waals surface area contributed by atoms with Gasteiger partial charge in [-0.3, -0.25) is 0 Å². The van der Waals surface area contributed by atoms with Crippen LogP contribution in [0.25, 0.3) is 0 Å². The maximum absolute atomic E-state index is 10.8. The van der Waals surface area contributed by atoms with E-state index in [4.69, 9.17) is 0 Å². The second-order valence-electron chi connectivity index (χ2n) is 10.5. The Labute approximate surface area is 224 Å². The van der Waals surface area contributed by atoms with Crippen LogP contribution in [0.5, 0.6) is 0 Å². The third-order valence-electron chi connectivity index (χ3n) is 7.29. The molecule has 2 aromatic carbocycles. The summed E-state index contributed by atoms with van der Waals surface area (Å²) < 4.78 is 0. The molecule has 36 heavy (non-hydrogen) atoms. The Kier molecular flexibility index (Phi) is 11.7. The van der Waals surface area contributed by atoms with E-state index in [0.29, 0.717) is 0 Å². The van der Waals surface area contributed by atoms with Crippen molar-refractivity contribution in [2.75, 3.05) is 0 Å². The molecule has 3 N–H and O–H groups in total. The zero-order valence-corrected chi connectivity index (χ0v) is 25.1. The van der Waals surface area contributed by atoms with Crippen molar-refractivity contribution in [1.82, 2.24) is 0 Å². The molecule has 0 unspecified atom stereocenters. The van der Waals surface area contributed by atoms with Crippen LogP contribution in [0.1, 0.15) is 115 Å². The van der Waals surface area contributed by atoms with Crippen LogP contribution in [0.15, 0.2) is 58.3 Å². The second-order valence-corrected chi connectivity index (χ2v) is 24.7. The first-order chi connectivity index (χ1) is 17.3. The second kappa shape index (κ2) is 14.0. The minimum atomic E-state index is -4.73. The maximum atomic E-state index is 10.8. The third-order valence-corrected chi connectivity index (χ3v) is 24.5. The molecule has 6 heteroatoms. The average Bonchev–Trinajstić information content (AvgIpc) is 3.39. The molecule has 0 aromatic heterocycles. The minimum absolute atomic E-state index is 0.862. The quantitative estimate of drug-likeness (QED) is 0.0745. The molecule has 1 aliphatic heterocycles. The molecule has 1 aliphatic rings. The van der Waals surface area contributed by atoms with Crippen LogP contribution < -0.4 is 0 Å². The molecule has 0 aliphatic carbocycles. The summed E-state index contributed by atoms with van der Waals surface area (Å²) in [7, 11) is -1.26. The Bertz CT molecular complexity index is 845. The third kappa shape index (κ3) is 7.98. The molecule has 0 saturated carbocycles. The van der Waals surface area contributed by atoms with E-state index in [9.17, 15) is 14.7 Å². The van der Waals surface area contributed by atoms with E-state index < -0.39 is 14.4 Å². The number of hydrogen-bond donors (Lipinski definition) is 3. The van der Waals surface area contributed by atoms with Gasteiger partial charge in [0.2, 0.25) is 0 Å². The summed E-state index contributed by atoms with van der Waals surface area (Å²) in [6.07, 6.45) is 20.3. The molecule has 2 aromatic rings. The molecule has 1 fully saturated rings. The fourth-order valence-electron chi connectivity index (χ4n) is 5.02. The normalized spacial score (nSPS) is 19.3. The van der Waals surface area contributed by atoms with Crippen molar-refractivity contribution in [2.24, 2.45) is 0 Å². The van der Waals surface area contributed by atoms with Gasteiger partial charge in [0, 0.05) is 0 Å². The molecule has 0 spiro atoms. The SMILES string of the molecule is CCCCCCCCCc1ccc(S2(c3ccc(CCCCCCCCC)cc3)SP2(O)(O)O)cc1. The Hall–Kier alpha value is -0.550. The predicted octanol–water partition coefficient (Wildman–Crippen LogP) is 10.3. The number of hydrogen-bond acceptors (Lipinski definition) is 4. The summed E-state index contributed by atoms with van der Waals surface area (Å²) >= 11 is 0. The Balaban J connectivity index is 1.55. The number of benzene rings is 2. The van der Waals surface area contributed by atoms with Gasteiger partial charge in [0.05, 0.1) is 0 Å². The average molecular weight is 553 g/mol. The van der Waals surface area contributed by atoms with E-state index in [-0.39, 0.29) is 0 Å². The molecule has 3 rings (SSSR count). The van der Waals surface area contributed by atoms with Crippen LogP contribution >= 0.6 is 24.8 Å². The van der Waals surface area contributed by atoms with Gasteiger partial charge in [-0.15, -0.1) is 0 Å². The van der Waals surface area contributed by atoms with Gasteiger partial charge in [-0.25, -0.2) is 0 Å². The van der Waals surface area contributed by atoms with Gasteiger partial charge in [-0.05, 0) is 0 Å². The first-order valence-corrected chi connectivity index (χ1v) is 20.6. The van der Waals surface area contributed by atoms with Gasteiger partial charge in [-0.1, -0.05) is 26.7 Å². The van der Waals surface area contributed by atoms with Gasteiger partial charge in [0.15, 0.2) is 0 Å². The molecule has 204 valence electrons. The van der Waals surface area contributed by atoms with Crippen molar-refractivity contribution >= 4 is 24.8 Å². The summed E-state index contributed by atoms with van der Waals surface area (Å²) in [6, 6.07) is 16.5. The summed E-state index contributed by atoms with van der Waals surface area (Å²) in [5.41, 5.74) is -2.17. The van der Waals surface area contributed by atoms with Crippen molar-refractivity contribution < 1.29 is 14.7 Å². The molecular formula is C30H49O3PS2. The van der Waals surface area contributed by atoms with Crippen LogP contribution in [0.2, 0.25) is 0 Å². The number of rotatable bonds is 18. The van der Waals surface area contributed by atoms with Gasteiger partial charge < -0.3 is 0 Å². The number of unbranched alkanes of at least 4 members (excludes halogenated alkanes) is 12. The Morgan fingerprint density at radius 1 is 0.528 bits per heavy atom. The van der Waals surface area contributed by atoms with E-state index in [1.54, 1.807) is 0 Å². The van der Waals surface area contributed by atoms with Crippen molar-refractivity contribution in [3.05, 3.63) is 59.7 Å². The molecule has 3 nitrogen and oxygen atoms in total. The van der Waals surface area contributed by atoms with Crippen LogP contribution in [0.3, 0.4) is 0 Å². The predicted molar refractivity (Wildman–Crippen MR) is 162 cm³/mol. The summed E-state index contributed by atoms with van der Waals surface area (Å²) in [5.74, 6) is 0. The number of aryl methyl sites for hydroxylation is 2. The van der Waals surface area contributed by atoms with Gasteiger partial charge in [0.25, 0.3) is 0 Å². The molecule has 1 heterocycles. The van der Waals surface area contributed by atoms with Crippen LogP contribution in [-0.4, -0.2) is 14.7 Å². The Morgan fingerprint density at radius 2 is 0.833 bits per heavy atom. The summed E-state index contributed by atoms with van der Waals surface area (Å²) in [4.78, 5) is 34.2. The molecule has 0 bridgehead atoms. The summed E-state index contributed by atoms with van der Waals surface area (Å²) in [6.45, 7) is 4.50. The molecule has 1 saturated heterocycles. The monoisotopic (exact) mass is 552 g/mol. The zero-order valence-electron chi connectivity index (χ0n) is 22.5. The van der Waals surface area contributed by atoms with E-state index in [2.05, 4.69) is 38.1 Å². The van der Waals surface area contributed by atoms with Crippen LogP contribution in [0.4, 0.5) is 0 Å². The van der Waals surface area contributed by atoms with E-state index >= 15 is 0 Å². The fourth-order valence-corrected chi connectivity index (χ4v) is 23.0. The van der Waals surface area contributed by atoms with E-state index in [0.717, 1.165) is 33.0 Å². The molecular weight excluding hydrogens is 503 g/mol. The topological polar surface area (TPSA) is 60.7 Å². The molecule has 0 amide bonds.